The van der Waals surface area contributed by atoms with E-state index < -0.39 is 6.04 Å². The average molecular weight is 246 g/mol. The summed E-state index contributed by atoms with van der Waals surface area (Å²) in [6.45, 7) is 5.20. The fourth-order valence-electron chi connectivity index (χ4n) is 2.72. The van der Waals surface area contributed by atoms with Gasteiger partial charge in [-0.1, -0.05) is 37.3 Å². The molecule has 0 aromatic heterocycles. The van der Waals surface area contributed by atoms with Crippen LogP contribution < -0.4 is 5.73 Å². The summed E-state index contributed by atoms with van der Waals surface area (Å²) >= 11 is 0. The molecule has 2 unspecified atom stereocenters. The highest BCUT2D eigenvalue weighted by atomic mass is 16.2. The highest BCUT2D eigenvalue weighted by Gasteiger charge is 2.30. The van der Waals surface area contributed by atoms with Crippen LogP contribution in [0, 0.1) is 5.92 Å². The zero-order chi connectivity index (χ0) is 13.1. The van der Waals surface area contributed by atoms with Gasteiger partial charge in [0.1, 0.15) is 6.04 Å². The van der Waals surface area contributed by atoms with Crippen LogP contribution in [0.15, 0.2) is 30.3 Å². The van der Waals surface area contributed by atoms with Gasteiger partial charge in [-0.15, -0.1) is 0 Å². The molecular formula is C15H22N2O. The molecule has 1 aromatic rings. The van der Waals surface area contributed by atoms with Crippen molar-refractivity contribution in [1.82, 2.24) is 4.90 Å². The number of benzene rings is 1. The molecule has 0 bridgehead atoms. The largest absolute Gasteiger partial charge is 0.338 e. The summed E-state index contributed by atoms with van der Waals surface area (Å²) in [5.74, 6) is 0.762. The second-order valence-corrected chi connectivity index (χ2v) is 5.40. The highest BCUT2D eigenvalue weighted by Crippen LogP contribution is 2.24. The SMILES string of the molecule is CC1CCN(C(=O)[C@H](N)c2ccccc2)C(C)C1. The van der Waals surface area contributed by atoms with E-state index in [0.29, 0.717) is 12.0 Å². The predicted molar refractivity (Wildman–Crippen MR) is 72.9 cm³/mol. The molecule has 2 rings (SSSR count). The molecule has 1 aliphatic rings. The lowest BCUT2D eigenvalue weighted by Crippen LogP contribution is -2.47. The smallest absolute Gasteiger partial charge is 0.244 e. The third-order valence-corrected chi connectivity index (χ3v) is 3.85. The summed E-state index contributed by atoms with van der Waals surface area (Å²) < 4.78 is 0. The Hall–Kier alpha value is -1.35. The molecular weight excluding hydrogens is 224 g/mol. The molecule has 1 heterocycles. The molecule has 3 atom stereocenters. The van der Waals surface area contributed by atoms with E-state index in [0.717, 1.165) is 24.9 Å². The highest BCUT2D eigenvalue weighted by molar-refractivity contribution is 5.83. The number of nitrogens with two attached hydrogens (primary N) is 1. The van der Waals surface area contributed by atoms with E-state index >= 15 is 0 Å². The topological polar surface area (TPSA) is 46.3 Å². The maximum atomic E-state index is 12.4. The summed E-state index contributed by atoms with van der Waals surface area (Å²) in [7, 11) is 0. The normalized spacial score (nSPS) is 25.8. The van der Waals surface area contributed by atoms with Crippen LogP contribution in [0.2, 0.25) is 0 Å². The van der Waals surface area contributed by atoms with Crippen molar-refractivity contribution in [1.29, 1.82) is 0 Å². The van der Waals surface area contributed by atoms with E-state index in [2.05, 4.69) is 13.8 Å². The first-order valence-electron chi connectivity index (χ1n) is 6.70. The Morgan fingerprint density at radius 3 is 2.61 bits per heavy atom. The minimum Gasteiger partial charge on any atom is -0.338 e. The molecule has 1 amide bonds. The number of nitrogens with zero attached hydrogens (tertiary/aromatic N) is 1. The van der Waals surface area contributed by atoms with E-state index in [1.807, 2.05) is 35.2 Å². The summed E-state index contributed by atoms with van der Waals surface area (Å²) in [6, 6.07) is 9.39. The Bertz CT molecular complexity index is 404. The first-order valence-corrected chi connectivity index (χ1v) is 6.70. The zero-order valence-corrected chi connectivity index (χ0v) is 11.2. The fourth-order valence-corrected chi connectivity index (χ4v) is 2.72. The molecule has 98 valence electrons. The average Bonchev–Trinajstić information content (AvgIpc) is 2.38. The van der Waals surface area contributed by atoms with Crippen LogP contribution in [-0.4, -0.2) is 23.4 Å². The van der Waals surface area contributed by atoms with Crippen LogP contribution in [0.25, 0.3) is 0 Å². The fraction of sp³-hybridized carbons (Fsp3) is 0.533. The summed E-state index contributed by atoms with van der Waals surface area (Å²) in [5, 5.41) is 0. The minimum absolute atomic E-state index is 0.0561. The number of rotatable bonds is 2. The lowest BCUT2D eigenvalue weighted by atomic mass is 9.92. The summed E-state index contributed by atoms with van der Waals surface area (Å²) in [4.78, 5) is 14.4. The van der Waals surface area contributed by atoms with Crippen LogP contribution in [0.1, 0.15) is 38.3 Å². The Kier molecular flexibility index (Phi) is 4.02. The Labute approximate surface area is 109 Å². The van der Waals surface area contributed by atoms with Crippen LogP contribution >= 0.6 is 0 Å². The van der Waals surface area contributed by atoms with E-state index in [1.54, 1.807) is 0 Å². The summed E-state index contributed by atoms with van der Waals surface area (Å²) in [6.07, 6.45) is 2.16. The molecule has 1 fully saturated rings. The molecule has 1 aromatic carbocycles. The molecule has 0 spiro atoms. The van der Waals surface area contributed by atoms with E-state index in [1.165, 1.54) is 0 Å². The maximum absolute atomic E-state index is 12.4. The molecule has 0 radical (unpaired) electrons. The van der Waals surface area contributed by atoms with Gasteiger partial charge in [0.05, 0.1) is 0 Å². The van der Waals surface area contributed by atoms with Crippen molar-refractivity contribution in [3.63, 3.8) is 0 Å². The standard InChI is InChI=1S/C15H22N2O/c1-11-8-9-17(12(2)10-11)15(18)14(16)13-6-4-3-5-7-13/h3-7,11-12,14H,8-10,16H2,1-2H3/t11?,12?,14-/m1/s1. The molecule has 3 heteroatoms. The van der Waals surface area contributed by atoms with Gasteiger partial charge in [0.2, 0.25) is 5.91 Å². The molecule has 1 saturated heterocycles. The quantitative estimate of drug-likeness (QED) is 0.870. The van der Waals surface area contributed by atoms with Gasteiger partial charge in [-0.3, -0.25) is 4.79 Å². The van der Waals surface area contributed by atoms with Gasteiger partial charge in [0.25, 0.3) is 0 Å². The molecule has 3 nitrogen and oxygen atoms in total. The van der Waals surface area contributed by atoms with E-state index in [4.69, 9.17) is 5.73 Å². The molecule has 18 heavy (non-hydrogen) atoms. The number of piperidine rings is 1. The zero-order valence-electron chi connectivity index (χ0n) is 11.2. The molecule has 0 aliphatic carbocycles. The second kappa shape index (κ2) is 5.53. The van der Waals surface area contributed by atoms with Gasteiger partial charge in [-0.25, -0.2) is 0 Å². The van der Waals surface area contributed by atoms with Crippen molar-refractivity contribution < 1.29 is 4.79 Å². The molecule has 2 N–H and O–H groups in total. The minimum atomic E-state index is -0.526. The van der Waals surface area contributed by atoms with Crippen molar-refractivity contribution in [2.45, 2.75) is 38.8 Å². The van der Waals surface area contributed by atoms with Gasteiger partial charge >= 0.3 is 0 Å². The third-order valence-electron chi connectivity index (χ3n) is 3.85. The Morgan fingerprint density at radius 1 is 1.33 bits per heavy atom. The van der Waals surface area contributed by atoms with Gasteiger partial charge in [-0.2, -0.15) is 0 Å². The van der Waals surface area contributed by atoms with Crippen LogP contribution in [0.5, 0.6) is 0 Å². The summed E-state index contributed by atoms with van der Waals surface area (Å²) in [5.41, 5.74) is 6.97. The second-order valence-electron chi connectivity index (χ2n) is 5.40. The lowest BCUT2D eigenvalue weighted by molar-refractivity contribution is -0.136. The van der Waals surface area contributed by atoms with Gasteiger partial charge < -0.3 is 10.6 Å². The van der Waals surface area contributed by atoms with Crippen molar-refractivity contribution in [3.8, 4) is 0 Å². The van der Waals surface area contributed by atoms with Crippen molar-refractivity contribution >= 4 is 5.91 Å². The molecule has 0 saturated carbocycles. The Morgan fingerprint density at radius 2 is 2.00 bits per heavy atom. The Balaban J connectivity index is 2.07. The number of hydrogen-bond donors (Lipinski definition) is 1. The number of likely N-dealkylation sites (tertiary alicyclic amines) is 1. The first kappa shape index (κ1) is 13.1. The number of hydrogen-bond acceptors (Lipinski definition) is 2. The monoisotopic (exact) mass is 246 g/mol. The van der Waals surface area contributed by atoms with Gasteiger partial charge in [0.15, 0.2) is 0 Å². The number of carbonyl (C=O) groups is 1. The van der Waals surface area contributed by atoms with E-state index in [-0.39, 0.29) is 5.91 Å². The van der Waals surface area contributed by atoms with Crippen molar-refractivity contribution in [2.75, 3.05) is 6.54 Å². The predicted octanol–water partition coefficient (Wildman–Crippen LogP) is 2.33. The number of carbonyl (C=O) groups excluding carboxylic acids is 1. The van der Waals surface area contributed by atoms with Crippen LogP contribution in [0.4, 0.5) is 0 Å². The molecule has 1 aliphatic heterocycles. The van der Waals surface area contributed by atoms with Crippen LogP contribution in [-0.2, 0) is 4.79 Å². The van der Waals surface area contributed by atoms with Gasteiger partial charge in [-0.05, 0) is 31.2 Å². The van der Waals surface area contributed by atoms with E-state index in [9.17, 15) is 4.79 Å². The third kappa shape index (κ3) is 2.72. The van der Waals surface area contributed by atoms with Gasteiger partial charge in [0, 0.05) is 12.6 Å². The van der Waals surface area contributed by atoms with Crippen LogP contribution in [0.3, 0.4) is 0 Å². The maximum Gasteiger partial charge on any atom is 0.244 e. The number of amides is 1. The van der Waals surface area contributed by atoms with Crippen molar-refractivity contribution in [2.24, 2.45) is 11.7 Å². The van der Waals surface area contributed by atoms with Crippen molar-refractivity contribution in [3.05, 3.63) is 35.9 Å². The lowest BCUT2D eigenvalue weighted by Gasteiger charge is -2.38. The first-order chi connectivity index (χ1) is 8.59.